The van der Waals surface area contributed by atoms with Crippen molar-refractivity contribution in [2.24, 2.45) is 5.92 Å². The zero-order valence-corrected chi connectivity index (χ0v) is 11.9. The fourth-order valence-electron chi connectivity index (χ4n) is 1.96. The SMILES string of the molecule is COC(=O)[C@@H]1CCC(C)=C[C@H]1O[Si](C)(C)C. The van der Waals surface area contributed by atoms with E-state index < -0.39 is 8.32 Å². The summed E-state index contributed by atoms with van der Waals surface area (Å²) in [7, 11) is -0.183. The zero-order valence-electron chi connectivity index (χ0n) is 10.9. The highest BCUT2D eigenvalue weighted by Crippen LogP contribution is 2.28. The minimum Gasteiger partial charge on any atom is -0.469 e. The molecule has 0 saturated heterocycles. The van der Waals surface area contributed by atoms with E-state index in [4.69, 9.17) is 9.16 Å². The standard InChI is InChI=1S/C12H22O3Si/c1-9-6-7-10(12(13)14-2)11(8-9)15-16(3,4)5/h8,10-11H,6-7H2,1-5H3/t10-,11-/m1/s1. The van der Waals surface area contributed by atoms with Gasteiger partial charge in [0.2, 0.25) is 0 Å². The van der Waals surface area contributed by atoms with Gasteiger partial charge in [-0.05, 0) is 39.4 Å². The maximum atomic E-state index is 11.7. The molecule has 0 fully saturated rings. The van der Waals surface area contributed by atoms with Crippen LogP contribution in [-0.4, -0.2) is 27.5 Å². The van der Waals surface area contributed by atoms with Gasteiger partial charge in [-0.3, -0.25) is 4.79 Å². The van der Waals surface area contributed by atoms with Crippen LogP contribution in [0.25, 0.3) is 0 Å². The minimum atomic E-state index is -1.63. The number of hydrogen-bond acceptors (Lipinski definition) is 3. The number of carbonyl (C=O) groups excluding carboxylic acids is 1. The number of allylic oxidation sites excluding steroid dienone is 1. The van der Waals surface area contributed by atoms with Gasteiger partial charge in [-0.15, -0.1) is 0 Å². The predicted octanol–water partition coefficient (Wildman–Crippen LogP) is 2.74. The molecule has 0 aromatic heterocycles. The molecule has 0 heterocycles. The Kier molecular flexibility index (Phi) is 4.33. The van der Waals surface area contributed by atoms with Gasteiger partial charge in [0.1, 0.15) is 0 Å². The quantitative estimate of drug-likeness (QED) is 0.434. The second-order valence-electron chi connectivity index (χ2n) is 5.38. The van der Waals surface area contributed by atoms with Gasteiger partial charge in [0.05, 0.1) is 19.1 Å². The maximum absolute atomic E-state index is 11.7. The van der Waals surface area contributed by atoms with Crippen LogP contribution in [-0.2, 0) is 14.0 Å². The Labute approximate surface area is 99.0 Å². The molecular formula is C12H22O3Si. The third-order valence-corrected chi connectivity index (χ3v) is 3.67. The van der Waals surface area contributed by atoms with E-state index in [0.717, 1.165) is 12.8 Å². The summed E-state index contributed by atoms with van der Waals surface area (Å²) in [4.78, 5) is 11.7. The number of rotatable bonds is 3. The van der Waals surface area contributed by atoms with Crippen LogP contribution in [0.1, 0.15) is 19.8 Å². The summed E-state index contributed by atoms with van der Waals surface area (Å²) >= 11 is 0. The van der Waals surface area contributed by atoms with Gasteiger partial charge in [-0.2, -0.15) is 0 Å². The lowest BCUT2D eigenvalue weighted by molar-refractivity contribution is -0.148. The fraction of sp³-hybridized carbons (Fsp3) is 0.750. The summed E-state index contributed by atoms with van der Waals surface area (Å²) in [5.74, 6) is -0.271. The third-order valence-electron chi connectivity index (χ3n) is 2.69. The molecule has 3 nitrogen and oxygen atoms in total. The molecule has 0 radical (unpaired) electrons. The van der Waals surface area contributed by atoms with Crippen molar-refractivity contribution in [3.8, 4) is 0 Å². The fourth-order valence-corrected chi connectivity index (χ4v) is 3.00. The molecule has 1 rings (SSSR count). The van der Waals surface area contributed by atoms with Gasteiger partial charge in [0.15, 0.2) is 8.32 Å². The Morgan fingerprint density at radius 1 is 1.44 bits per heavy atom. The lowest BCUT2D eigenvalue weighted by Crippen LogP contribution is -2.40. The van der Waals surface area contributed by atoms with Crippen molar-refractivity contribution in [1.82, 2.24) is 0 Å². The number of carbonyl (C=O) groups is 1. The summed E-state index contributed by atoms with van der Waals surface area (Å²) < 4.78 is 10.9. The van der Waals surface area contributed by atoms with Crippen LogP contribution in [0.4, 0.5) is 0 Å². The smallest absolute Gasteiger partial charge is 0.311 e. The summed E-state index contributed by atoms with van der Waals surface area (Å²) in [5, 5.41) is 0. The highest BCUT2D eigenvalue weighted by molar-refractivity contribution is 6.69. The summed E-state index contributed by atoms with van der Waals surface area (Å²) in [6.07, 6.45) is 3.80. The van der Waals surface area contributed by atoms with Gasteiger partial charge in [-0.1, -0.05) is 11.6 Å². The van der Waals surface area contributed by atoms with Crippen molar-refractivity contribution >= 4 is 14.3 Å². The normalized spacial score (nSPS) is 26.2. The summed E-state index contributed by atoms with van der Waals surface area (Å²) in [6.45, 7) is 8.51. The average Bonchev–Trinajstić information content (AvgIpc) is 2.14. The van der Waals surface area contributed by atoms with Crippen LogP contribution in [0.2, 0.25) is 19.6 Å². The van der Waals surface area contributed by atoms with E-state index in [0.29, 0.717) is 0 Å². The van der Waals surface area contributed by atoms with Gasteiger partial charge in [0.25, 0.3) is 0 Å². The third kappa shape index (κ3) is 3.76. The molecule has 1 aliphatic rings. The second-order valence-corrected chi connectivity index (χ2v) is 9.84. The Morgan fingerprint density at radius 3 is 2.56 bits per heavy atom. The van der Waals surface area contributed by atoms with Gasteiger partial charge in [-0.25, -0.2) is 0 Å². The number of hydrogen-bond donors (Lipinski definition) is 0. The van der Waals surface area contributed by atoms with Gasteiger partial charge in [0, 0.05) is 0 Å². The van der Waals surface area contributed by atoms with Gasteiger partial charge >= 0.3 is 5.97 Å². The first-order valence-corrected chi connectivity index (χ1v) is 9.17. The van der Waals surface area contributed by atoms with Crippen LogP contribution >= 0.6 is 0 Å². The molecule has 0 aliphatic heterocycles. The Hall–Kier alpha value is -0.613. The first-order chi connectivity index (χ1) is 7.33. The first-order valence-electron chi connectivity index (χ1n) is 5.76. The molecule has 92 valence electrons. The van der Waals surface area contributed by atoms with E-state index in [-0.39, 0.29) is 18.0 Å². The van der Waals surface area contributed by atoms with E-state index >= 15 is 0 Å². The van der Waals surface area contributed by atoms with E-state index in [1.165, 1.54) is 12.7 Å². The first kappa shape index (κ1) is 13.5. The highest BCUT2D eigenvalue weighted by Gasteiger charge is 2.34. The molecule has 0 unspecified atom stereocenters. The molecule has 16 heavy (non-hydrogen) atoms. The monoisotopic (exact) mass is 242 g/mol. The molecule has 4 heteroatoms. The van der Waals surface area contributed by atoms with Crippen molar-refractivity contribution in [2.75, 3.05) is 7.11 Å². The largest absolute Gasteiger partial charge is 0.469 e. The molecule has 0 saturated carbocycles. The lowest BCUT2D eigenvalue weighted by atomic mass is 9.88. The van der Waals surface area contributed by atoms with Crippen molar-refractivity contribution in [2.45, 2.75) is 45.5 Å². The molecular weight excluding hydrogens is 220 g/mol. The highest BCUT2D eigenvalue weighted by atomic mass is 28.4. The topological polar surface area (TPSA) is 35.5 Å². The van der Waals surface area contributed by atoms with Crippen LogP contribution < -0.4 is 0 Å². The second kappa shape index (κ2) is 5.14. The number of ether oxygens (including phenoxy) is 1. The van der Waals surface area contributed by atoms with Crippen molar-refractivity contribution in [3.05, 3.63) is 11.6 Å². The Balaban J connectivity index is 2.80. The van der Waals surface area contributed by atoms with Crippen LogP contribution in [0.3, 0.4) is 0 Å². The van der Waals surface area contributed by atoms with Crippen molar-refractivity contribution in [3.63, 3.8) is 0 Å². The maximum Gasteiger partial charge on any atom is 0.311 e. The van der Waals surface area contributed by atoms with Crippen molar-refractivity contribution in [1.29, 1.82) is 0 Å². The zero-order chi connectivity index (χ0) is 12.3. The molecule has 0 N–H and O–H groups in total. The molecule has 1 aliphatic carbocycles. The van der Waals surface area contributed by atoms with Crippen LogP contribution in [0.15, 0.2) is 11.6 Å². The molecule has 0 spiro atoms. The molecule has 2 atom stereocenters. The van der Waals surface area contributed by atoms with E-state index in [2.05, 4.69) is 32.6 Å². The molecule has 0 amide bonds. The van der Waals surface area contributed by atoms with Gasteiger partial charge < -0.3 is 9.16 Å². The van der Waals surface area contributed by atoms with Crippen molar-refractivity contribution < 1.29 is 14.0 Å². The molecule has 0 aromatic carbocycles. The predicted molar refractivity (Wildman–Crippen MR) is 66.7 cm³/mol. The van der Waals surface area contributed by atoms with Crippen LogP contribution in [0, 0.1) is 5.92 Å². The minimum absolute atomic E-state index is 0.0899. The summed E-state index contributed by atoms with van der Waals surface area (Å²) in [6, 6.07) is 0. The van der Waals surface area contributed by atoms with E-state index in [1.807, 2.05) is 0 Å². The van der Waals surface area contributed by atoms with E-state index in [1.54, 1.807) is 0 Å². The molecule has 0 bridgehead atoms. The lowest BCUT2D eigenvalue weighted by Gasteiger charge is -2.32. The summed E-state index contributed by atoms with van der Waals surface area (Å²) in [5.41, 5.74) is 1.31. The Bertz CT molecular complexity index is 291. The number of esters is 1. The Morgan fingerprint density at radius 2 is 2.06 bits per heavy atom. The van der Waals surface area contributed by atoms with E-state index in [9.17, 15) is 4.79 Å². The average molecular weight is 242 g/mol. The van der Waals surface area contributed by atoms with Crippen LogP contribution in [0.5, 0.6) is 0 Å². The number of methoxy groups -OCH3 is 1. The molecule has 0 aromatic rings.